The van der Waals surface area contributed by atoms with E-state index in [1.165, 1.54) is 35.7 Å². The molecule has 4 rings (SSSR count). The van der Waals surface area contributed by atoms with E-state index in [0.717, 1.165) is 44.0 Å². The molecular formula is C21H25ClN4. The van der Waals surface area contributed by atoms with Gasteiger partial charge in [-0.1, -0.05) is 35.9 Å². The van der Waals surface area contributed by atoms with Gasteiger partial charge in [0.15, 0.2) is 0 Å². The number of benzene rings is 1. The first-order chi connectivity index (χ1) is 12.8. The van der Waals surface area contributed by atoms with Crippen molar-refractivity contribution < 1.29 is 0 Å². The molecule has 4 nitrogen and oxygen atoms in total. The van der Waals surface area contributed by atoms with Crippen LogP contribution in [0.2, 0.25) is 5.15 Å². The fourth-order valence-corrected chi connectivity index (χ4v) is 3.89. The molecule has 0 radical (unpaired) electrons. The van der Waals surface area contributed by atoms with Crippen LogP contribution in [0.4, 0.5) is 5.82 Å². The molecule has 136 valence electrons. The fraction of sp³-hybridized carbons (Fsp3) is 0.381. The molecule has 1 aromatic carbocycles. The minimum Gasteiger partial charge on any atom is -0.361 e. The van der Waals surface area contributed by atoms with Crippen molar-refractivity contribution >= 4 is 28.3 Å². The van der Waals surface area contributed by atoms with Gasteiger partial charge < -0.3 is 15.2 Å². The second-order valence-electron chi connectivity index (χ2n) is 6.95. The molecule has 0 aliphatic carbocycles. The first-order valence-electron chi connectivity index (χ1n) is 9.47. The second kappa shape index (κ2) is 8.11. The zero-order chi connectivity index (χ0) is 17.8. The number of H-pyrrole nitrogens is 1. The maximum Gasteiger partial charge on any atom is 0.135 e. The predicted molar refractivity (Wildman–Crippen MR) is 109 cm³/mol. The number of para-hydroxylation sites is 1. The lowest BCUT2D eigenvalue weighted by molar-refractivity contribution is 0.573. The molecule has 5 heteroatoms. The number of anilines is 1. The number of pyridine rings is 1. The summed E-state index contributed by atoms with van der Waals surface area (Å²) in [5.41, 5.74) is 3.60. The number of fused-ring (bicyclic) bond motifs is 1. The molecule has 26 heavy (non-hydrogen) atoms. The van der Waals surface area contributed by atoms with Crippen LogP contribution in [0.25, 0.3) is 10.9 Å². The van der Waals surface area contributed by atoms with E-state index in [1.807, 2.05) is 0 Å². The molecule has 0 saturated carbocycles. The van der Waals surface area contributed by atoms with Crippen molar-refractivity contribution in [2.24, 2.45) is 0 Å². The van der Waals surface area contributed by atoms with E-state index in [0.29, 0.717) is 5.15 Å². The topological polar surface area (TPSA) is 44.0 Å². The minimum atomic E-state index is 0.618. The third-order valence-electron chi connectivity index (χ3n) is 5.15. The normalized spacial score (nSPS) is 14.9. The Labute approximate surface area is 159 Å². The second-order valence-corrected chi connectivity index (χ2v) is 7.31. The van der Waals surface area contributed by atoms with Crippen LogP contribution in [-0.4, -0.2) is 29.6 Å². The molecule has 0 amide bonds. The maximum absolute atomic E-state index is 6.42. The van der Waals surface area contributed by atoms with E-state index < -0.39 is 0 Å². The molecular weight excluding hydrogens is 344 g/mol. The highest BCUT2D eigenvalue weighted by atomic mass is 35.5. The van der Waals surface area contributed by atoms with Gasteiger partial charge in [-0.05, 0) is 49.9 Å². The standard InChI is InChI=1S/C21H25ClN4/c22-21-17(8-9-20(25-21)26-12-4-1-5-13-26)14-23-11-10-16-15-24-19-7-3-2-6-18(16)19/h2-3,6-9,15,23-24H,1,4-5,10-14H2. The minimum absolute atomic E-state index is 0.618. The molecule has 1 aliphatic rings. The van der Waals surface area contributed by atoms with Gasteiger partial charge in [-0.2, -0.15) is 0 Å². The number of nitrogens with zero attached hydrogens (tertiary/aromatic N) is 2. The van der Waals surface area contributed by atoms with Crippen LogP contribution in [0.3, 0.4) is 0 Å². The van der Waals surface area contributed by atoms with E-state index in [1.54, 1.807) is 0 Å². The molecule has 1 aliphatic heterocycles. The van der Waals surface area contributed by atoms with Crippen LogP contribution in [-0.2, 0) is 13.0 Å². The van der Waals surface area contributed by atoms with Crippen molar-refractivity contribution in [3.63, 3.8) is 0 Å². The Morgan fingerprint density at radius 3 is 2.73 bits per heavy atom. The highest BCUT2D eigenvalue weighted by Gasteiger charge is 2.13. The molecule has 0 spiro atoms. The van der Waals surface area contributed by atoms with Crippen molar-refractivity contribution in [1.29, 1.82) is 0 Å². The van der Waals surface area contributed by atoms with Gasteiger partial charge in [-0.25, -0.2) is 4.98 Å². The van der Waals surface area contributed by atoms with E-state index in [9.17, 15) is 0 Å². The number of nitrogens with one attached hydrogen (secondary N) is 2. The average Bonchev–Trinajstić information content (AvgIpc) is 3.10. The molecule has 2 N–H and O–H groups in total. The SMILES string of the molecule is Clc1nc(N2CCCCC2)ccc1CNCCc1c[nH]c2ccccc12. The Balaban J connectivity index is 1.31. The largest absolute Gasteiger partial charge is 0.361 e. The van der Waals surface area contributed by atoms with Gasteiger partial charge in [0.05, 0.1) is 0 Å². The van der Waals surface area contributed by atoms with Crippen molar-refractivity contribution in [3.8, 4) is 0 Å². The number of aromatic amines is 1. The van der Waals surface area contributed by atoms with E-state index in [4.69, 9.17) is 11.6 Å². The Hall–Kier alpha value is -2.04. The number of hydrogen-bond acceptors (Lipinski definition) is 3. The highest BCUT2D eigenvalue weighted by Crippen LogP contribution is 2.22. The van der Waals surface area contributed by atoms with Gasteiger partial charge in [-0.3, -0.25) is 0 Å². The average molecular weight is 369 g/mol. The lowest BCUT2D eigenvalue weighted by Gasteiger charge is -2.28. The Bertz CT molecular complexity index is 867. The first-order valence-corrected chi connectivity index (χ1v) is 9.85. The summed E-state index contributed by atoms with van der Waals surface area (Å²) in [6.45, 7) is 3.83. The van der Waals surface area contributed by atoms with E-state index in [-0.39, 0.29) is 0 Å². The van der Waals surface area contributed by atoms with Crippen LogP contribution >= 0.6 is 11.6 Å². The molecule has 0 unspecified atom stereocenters. The third-order valence-corrected chi connectivity index (χ3v) is 5.48. The summed E-state index contributed by atoms with van der Waals surface area (Å²) in [6, 6.07) is 12.6. The zero-order valence-electron chi connectivity index (χ0n) is 15.0. The highest BCUT2D eigenvalue weighted by molar-refractivity contribution is 6.30. The molecule has 3 heterocycles. The quantitative estimate of drug-likeness (QED) is 0.496. The third kappa shape index (κ3) is 3.87. The van der Waals surface area contributed by atoms with Crippen LogP contribution in [0.1, 0.15) is 30.4 Å². The maximum atomic E-state index is 6.42. The smallest absolute Gasteiger partial charge is 0.135 e. The van der Waals surface area contributed by atoms with Gasteiger partial charge in [0.1, 0.15) is 11.0 Å². The van der Waals surface area contributed by atoms with Gasteiger partial charge in [0.2, 0.25) is 0 Å². The first kappa shape index (κ1) is 17.4. The molecule has 0 bridgehead atoms. The summed E-state index contributed by atoms with van der Waals surface area (Å²) < 4.78 is 0. The van der Waals surface area contributed by atoms with Gasteiger partial charge in [0, 0.05) is 42.3 Å². The number of piperidine rings is 1. The zero-order valence-corrected chi connectivity index (χ0v) is 15.7. The monoisotopic (exact) mass is 368 g/mol. The molecule has 0 atom stereocenters. The van der Waals surface area contributed by atoms with Crippen molar-refractivity contribution in [1.82, 2.24) is 15.3 Å². The lowest BCUT2D eigenvalue weighted by Crippen LogP contribution is -2.30. The Kier molecular flexibility index (Phi) is 5.42. The number of hydrogen-bond donors (Lipinski definition) is 2. The van der Waals surface area contributed by atoms with Crippen molar-refractivity contribution in [2.75, 3.05) is 24.5 Å². The van der Waals surface area contributed by atoms with Crippen molar-refractivity contribution in [3.05, 3.63) is 58.9 Å². The Morgan fingerprint density at radius 1 is 1.04 bits per heavy atom. The summed E-state index contributed by atoms with van der Waals surface area (Å²) >= 11 is 6.42. The van der Waals surface area contributed by atoms with Gasteiger partial charge in [-0.15, -0.1) is 0 Å². The van der Waals surface area contributed by atoms with Crippen LogP contribution in [0, 0.1) is 0 Å². The fourth-order valence-electron chi connectivity index (χ4n) is 3.67. The van der Waals surface area contributed by atoms with Gasteiger partial charge in [0.25, 0.3) is 0 Å². The van der Waals surface area contributed by atoms with E-state index >= 15 is 0 Å². The van der Waals surface area contributed by atoms with Crippen LogP contribution in [0.15, 0.2) is 42.6 Å². The van der Waals surface area contributed by atoms with Crippen LogP contribution < -0.4 is 10.2 Å². The molecule has 2 aromatic heterocycles. The predicted octanol–water partition coefficient (Wildman–Crippen LogP) is 4.54. The summed E-state index contributed by atoms with van der Waals surface area (Å²) in [6.07, 6.45) is 6.91. The summed E-state index contributed by atoms with van der Waals surface area (Å²) in [7, 11) is 0. The summed E-state index contributed by atoms with van der Waals surface area (Å²) in [4.78, 5) is 10.3. The Morgan fingerprint density at radius 2 is 1.88 bits per heavy atom. The number of halogens is 1. The lowest BCUT2D eigenvalue weighted by atomic mass is 10.1. The van der Waals surface area contributed by atoms with Crippen molar-refractivity contribution in [2.45, 2.75) is 32.2 Å². The van der Waals surface area contributed by atoms with Gasteiger partial charge >= 0.3 is 0 Å². The summed E-state index contributed by atoms with van der Waals surface area (Å²) in [5.74, 6) is 1.01. The molecule has 1 fully saturated rings. The number of rotatable bonds is 6. The summed E-state index contributed by atoms with van der Waals surface area (Å²) in [5, 5.41) is 5.42. The van der Waals surface area contributed by atoms with Crippen LogP contribution in [0.5, 0.6) is 0 Å². The molecule has 1 saturated heterocycles. The number of aromatic nitrogens is 2. The van der Waals surface area contributed by atoms with E-state index in [2.05, 4.69) is 62.8 Å². The molecule has 3 aromatic rings.